The molecule has 0 aliphatic heterocycles. The monoisotopic (exact) mass is 232 g/mol. The molecule has 0 aromatic rings. The molecule has 0 heterocycles. The number of rotatable bonds is 7. The second-order valence-corrected chi connectivity index (χ2v) is 5.71. The van der Waals surface area contributed by atoms with E-state index in [4.69, 9.17) is 0 Å². The second kappa shape index (κ2) is 5.96. The summed E-state index contributed by atoms with van der Waals surface area (Å²) in [6.07, 6.45) is 4.32. The minimum absolute atomic E-state index is 0.0360. The molecule has 0 fully saturated rings. The van der Waals surface area contributed by atoms with E-state index in [2.05, 4.69) is 20.8 Å². The third-order valence-corrected chi connectivity index (χ3v) is 6.34. The van der Waals surface area contributed by atoms with E-state index in [1.165, 1.54) is 0 Å². The van der Waals surface area contributed by atoms with Crippen molar-refractivity contribution in [2.24, 2.45) is 5.41 Å². The molecule has 0 spiro atoms. The maximum absolute atomic E-state index is 11.6. The van der Waals surface area contributed by atoms with Crippen LogP contribution in [0.5, 0.6) is 0 Å². The maximum Gasteiger partial charge on any atom is 0.315 e. The highest BCUT2D eigenvalue weighted by Crippen LogP contribution is 2.56. The van der Waals surface area contributed by atoms with Crippen LogP contribution in [0.3, 0.4) is 0 Å². The van der Waals surface area contributed by atoms with Gasteiger partial charge in [-0.1, -0.05) is 39.2 Å². The highest BCUT2D eigenvalue weighted by molar-refractivity contribution is 7.38. The Labute approximate surface area is 95.3 Å². The summed E-state index contributed by atoms with van der Waals surface area (Å²) in [5, 5.41) is -0.499. The SMILES string of the molecule is CCC(CC)(CC)C(CC)(CC)[P+](=O)[O-]. The van der Waals surface area contributed by atoms with Crippen molar-refractivity contribution in [3.05, 3.63) is 0 Å². The smallest absolute Gasteiger partial charge is 0.315 e. The van der Waals surface area contributed by atoms with Crippen molar-refractivity contribution in [3.63, 3.8) is 0 Å². The van der Waals surface area contributed by atoms with Crippen LogP contribution in [0, 0.1) is 5.41 Å². The van der Waals surface area contributed by atoms with Gasteiger partial charge in [-0.25, -0.2) is 0 Å². The van der Waals surface area contributed by atoms with E-state index < -0.39 is 13.2 Å². The summed E-state index contributed by atoms with van der Waals surface area (Å²) in [5.41, 5.74) is -0.0360. The van der Waals surface area contributed by atoms with E-state index >= 15 is 0 Å². The summed E-state index contributed by atoms with van der Waals surface area (Å²) in [5.74, 6) is 0. The van der Waals surface area contributed by atoms with Crippen molar-refractivity contribution in [1.82, 2.24) is 0 Å². The van der Waals surface area contributed by atoms with E-state index in [9.17, 15) is 9.46 Å². The summed E-state index contributed by atoms with van der Waals surface area (Å²) < 4.78 is 11.6. The highest BCUT2D eigenvalue weighted by Gasteiger charge is 2.55. The predicted octanol–water partition coefficient (Wildman–Crippen LogP) is 3.86. The Kier molecular flexibility index (Phi) is 5.98. The van der Waals surface area contributed by atoms with Crippen molar-refractivity contribution < 1.29 is 9.46 Å². The first-order valence-electron chi connectivity index (χ1n) is 6.14. The standard InChI is InChI=1S/C12H25O2P/c1-6-11(7-2,8-3)12(9-4,10-5)15(13)14/h6-10H2,1-5H3. The van der Waals surface area contributed by atoms with Gasteiger partial charge in [0.25, 0.3) is 0 Å². The van der Waals surface area contributed by atoms with E-state index in [-0.39, 0.29) is 5.41 Å². The Bertz CT molecular complexity index is 197. The van der Waals surface area contributed by atoms with Gasteiger partial charge >= 0.3 is 8.03 Å². The average Bonchev–Trinajstić information content (AvgIpc) is 2.26. The van der Waals surface area contributed by atoms with Crippen LogP contribution < -0.4 is 4.89 Å². The second-order valence-electron chi connectivity index (χ2n) is 4.34. The Hall–Kier alpha value is 0.0600. The highest BCUT2D eigenvalue weighted by atomic mass is 31.1. The Morgan fingerprint density at radius 3 is 1.27 bits per heavy atom. The fourth-order valence-electron chi connectivity index (χ4n) is 3.19. The van der Waals surface area contributed by atoms with Gasteiger partial charge in [-0.05, 0) is 32.1 Å². The molecule has 0 aliphatic rings. The van der Waals surface area contributed by atoms with Crippen molar-refractivity contribution in [2.75, 3.05) is 0 Å². The summed E-state index contributed by atoms with van der Waals surface area (Å²) in [4.78, 5) is 11.6. The summed E-state index contributed by atoms with van der Waals surface area (Å²) in [6.45, 7) is 10.4. The Balaban J connectivity index is 5.44. The molecule has 15 heavy (non-hydrogen) atoms. The molecule has 0 saturated heterocycles. The molecule has 0 saturated carbocycles. The van der Waals surface area contributed by atoms with Crippen molar-refractivity contribution >= 4 is 8.03 Å². The molecule has 0 aliphatic carbocycles. The van der Waals surface area contributed by atoms with Gasteiger partial charge in [0.1, 0.15) is 0 Å². The van der Waals surface area contributed by atoms with Crippen molar-refractivity contribution in [2.45, 2.75) is 71.9 Å². The number of hydrogen-bond donors (Lipinski definition) is 0. The molecule has 0 radical (unpaired) electrons. The molecule has 2 nitrogen and oxygen atoms in total. The average molecular weight is 232 g/mol. The maximum atomic E-state index is 11.6. The first kappa shape index (κ1) is 15.1. The molecule has 0 N–H and O–H groups in total. The molecule has 0 bridgehead atoms. The van der Waals surface area contributed by atoms with Crippen LogP contribution in [-0.2, 0) is 4.57 Å². The quantitative estimate of drug-likeness (QED) is 0.625. The van der Waals surface area contributed by atoms with Crippen LogP contribution in [0.25, 0.3) is 0 Å². The van der Waals surface area contributed by atoms with E-state index in [1.54, 1.807) is 0 Å². The molecule has 0 aromatic carbocycles. The fourth-order valence-corrected chi connectivity index (χ4v) is 4.57. The molecule has 1 unspecified atom stereocenters. The first-order chi connectivity index (χ1) is 7.00. The van der Waals surface area contributed by atoms with Gasteiger partial charge in [-0.2, -0.15) is 0 Å². The van der Waals surface area contributed by atoms with Crippen LogP contribution in [0.15, 0.2) is 0 Å². The van der Waals surface area contributed by atoms with Gasteiger partial charge in [-0.15, -0.1) is 0 Å². The molecule has 0 amide bonds. The van der Waals surface area contributed by atoms with Gasteiger partial charge in [0.05, 0.1) is 0 Å². The predicted molar refractivity (Wildman–Crippen MR) is 64.2 cm³/mol. The van der Waals surface area contributed by atoms with Crippen LogP contribution in [0.4, 0.5) is 0 Å². The lowest BCUT2D eigenvalue weighted by Crippen LogP contribution is -2.45. The summed E-state index contributed by atoms with van der Waals surface area (Å²) in [7, 11) is -2.35. The lowest BCUT2D eigenvalue weighted by molar-refractivity contribution is -0.174. The third-order valence-electron chi connectivity index (χ3n) is 4.54. The minimum Gasteiger partial charge on any atom is -0.595 e. The Morgan fingerprint density at radius 1 is 0.867 bits per heavy atom. The zero-order valence-corrected chi connectivity index (χ0v) is 11.7. The lowest BCUT2D eigenvalue weighted by Gasteiger charge is -2.43. The molecule has 90 valence electrons. The lowest BCUT2D eigenvalue weighted by atomic mass is 9.66. The normalized spacial score (nSPS) is 14.1. The van der Waals surface area contributed by atoms with Crippen LogP contribution in [0.1, 0.15) is 66.7 Å². The zero-order valence-electron chi connectivity index (χ0n) is 10.8. The summed E-state index contributed by atoms with van der Waals surface area (Å²) >= 11 is 0. The van der Waals surface area contributed by atoms with Gasteiger partial charge in [0.2, 0.25) is 0 Å². The van der Waals surface area contributed by atoms with E-state index in [0.29, 0.717) is 0 Å². The molecule has 3 heteroatoms. The van der Waals surface area contributed by atoms with Gasteiger partial charge in [0, 0.05) is 5.41 Å². The summed E-state index contributed by atoms with van der Waals surface area (Å²) in [6, 6.07) is 0. The zero-order chi connectivity index (χ0) is 12.1. The molecule has 0 rings (SSSR count). The van der Waals surface area contributed by atoms with E-state index in [0.717, 1.165) is 32.1 Å². The van der Waals surface area contributed by atoms with Gasteiger partial charge in [-0.3, -0.25) is 0 Å². The molecule has 0 aromatic heterocycles. The van der Waals surface area contributed by atoms with Gasteiger partial charge < -0.3 is 4.89 Å². The first-order valence-corrected chi connectivity index (χ1v) is 7.32. The number of hydrogen-bond acceptors (Lipinski definition) is 2. The fraction of sp³-hybridized carbons (Fsp3) is 1.00. The largest absolute Gasteiger partial charge is 0.595 e. The molecular weight excluding hydrogens is 207 g/mol. The van der Waals surface area contributed by atoms with Crippen molar-refractivity contribution in [3.8, 4) is 0 Å². The van der Waals surface area contributed by atoms with Gasteiger partial charge in [0.15, 0.2) is 5.16 Å². The van der Waals surface area contributed by atoms with Crippen LogP contribution in [-0.4, -0.2) is 5.16 Å². The van der Waals surface area contributed by atoms with Crippen molar-refractivity contribution in [1.29, 1.82) is 0 Å². The Morgan fingerprint density at radius 2 is 1.20 bits per heavy atom. The van der Waals surface area contributed by atoms with E-state index in [1.807, 2.05) is 13.8 Å². The molecule has 1 atom stereocenters. The third kappa shape index (κ3) is 2.26. The van der Waals surface area contributed by atoms with Crippen LogP contribution >= 0.6 is 8.03 Å². The van der Waals surface area contributed by atoms with Crippen LogP contribution in [0.2, 0.25) is 0 Å². The minimum atomic E-state index is -2.35. The topological polar surface area (TPSA) is 40.1 Å². The molecular formula is C12H25O2P.